The number of nitrogens with zero attached hydrogens (tertiary/aromatic N) is 2. The van der Waals surface area contributed by atoms with Gasteiger partial charge >= 0.3 is 0 Å². The van der Waals surface area contributed by atoms with Crippen molar-refractivity contribution in [3.63, 3.8) is 0 Å². The second kappa shape index (κ2) is 6.69. The van der Waals surface area contributed by atoms with Gasteiger partial charge in [0.15, 0.2) is 5.76 Å². The average molecular weight is 312 g/mol. The van der Waals surface area contributed by atoms with Crippen molar-refractivity contribution in [2.45, 2.75) is 25.4 Å². The largest absolute Gasteiger partial charge is 0.459 e. The molecule has 3 rings (SSSR count). The molecule has 0 saturated carbocycles. The molecule has 0 radical (unpaired) electrons. The summed E-state index contributed by atoms with van der Waals surface area (Å²) in [5.74, 6) is 0.0561. The zero-order valence-electron chi connectivity index (χ0n) is 13.1. The number of carbonyl (C=O) groups is 2. The second-order valence-electron chi connectivity index (χ2n) is 5.81. The Hall–Kier alpha value is -2.56. The van der Waals surface area contributed by atoms with E-state index >= 15 is 0 Å². The summed E-state index contributed by atoms with van der Waals surface area (Å²) < 4.78 is 5.18. The normalized spacial score (nSPS) is 17.3. The van der Waals surface area contributed by atoms with Crippen LogP contribution in [0, 0.1) is 0 Å². The highest BCUT2D eigenvalue weighted by molar-refractivity contribution is 5.95. The number of carbonyl (C=O) groups excluding carboxylic acids is 2. The molecule has 0 spiro atoms. The lowest BCUT2D eigenvalue weighted by Gasteiger charge is -2.27. The first-order chi connectivity index (χ1) is 11.2. The molecule has 1 fully saturated rings. The van der Waals surface area contributed by atoms with Crippen LogP contribution in [0.5, 0.6) is 0 Å². The Labute approximate surface area is 135 Å². The second-order valence-corrected chi connectivity index (χ2v) is 5.81. The minimum absolute atomic E-state index is 0.0220. The predicted octanol–water partition coefficient (Wildman–Crippen LogP) is 2.54. The molecule has 1 aromatic heterocycles. The topological polar surface area (TPSA) is 53.8 Å². The molecule has 1 unspecified atom stereocenters. The maximum atomic E-state index is 12.7. The van der Waals surface area contributed by atoms with Gasteiger partial charge in [-0.15, -0.1) is 0 Å². The number of amides is 2. The van der Waals surface area contributed by atoms with Crippen LogP contribution in [0.15, 0.2) is 53.1 Å². The van der Waals surface area contributed by atoms with Crippen molar-refractivity contribution < 1.29 is 14.0 Å². The Morgan fingerprint density at radius 1 is 1.22 bits per heavy atom. The highest BCUT2D eigenvalue weighted by Crippen LogP contribution is 2.22. The van der Waals surface area contributed by atoms with Crippen molar-refractivity contribution in [1.82, 2.24) is 9.80 Å². The van der Waals surface area contributed by atoms with Crippen molar-refractivity contribution in [1.29, 1.82) is 0 Å². The number of benzene rings is 1. The molecule has 2 aromatic rings. The lowest BCUT2D eigenvalue weighted by atomic mass is 10.1. The van der Waals surface area contributed by atoms with Gasteiger partial charge in [-0.2, -0.15) is 0 Å². The number of hydrogen-bond acceptors (Lipinski definition) is 3. The van der Waals surface area contributed by atoms with Crippen LogP contribution in [-0.2, 0) is 11.3 Å². The van der Waals surface area contributed by atoms with E-state index in [9.17, 15) is 9.59 Å². The van der Waals surface area contributed by atoms with Gasteiger partial charge in [-0.1, -0.05) is 30.3 Å². The summed E-state index contributed by atoms with van der Waals surface area (Å²) in [6, 6.07) is 12.8. The van der Waals surface area contributed by atoms with E-state index in [0.717, 1.165) is 12.0 Å². The molecule has 2 heterocycles. The summed E-state index contributed by atoms with van der Waals surface area (Å²) >= 11 is 0. The fourth-order valence-corrected chi connectivity index (χ4v) is 3.00. The van der Waals surface area contributed by atoms with Crippen molar-refractivity contribution in [2.24, 2.45) is 0 Å². The standard InChI is InChI=1S/C18H20N2O3/c1-19(13-14-7-3-2-4-8-14)17(21)15-9-5-11-20(15)18(22)16-10-6-12-23-16/h2-4,6-8,10,12,15H,5,9,11,13H2,1H3. The Morgan fingerprint density at radius 3 is 2.70 bits per heavy atom. The van der Waals surface area contributed by atoms with Crippen molar-refractivity contribution in [3.8, 4) is 0 Å². The van der Waals surface area contributed by atoms with Crippen molar-refractivity contribution in [2.75, 3.05) is 13.6 Å². The van der Waals surface area contributed by atoms with Crippen molar-refractivity contribution >= 4 is 11.8 Å². The molecule has 2 amide bonds. The first kappa shape index (κ1) is 15.3. The van der Waals surface area contributed by atoms with E-state index in [4.69, 9.17) is 4.42 Å². The number of likely N-dealkylation sites (N-methyl/N-ethyl adjacent to an activating group) is 1. The minimum atomic E-state index is -0.402. The molecule has 1 aliphatic rings. The summed E-state index contributed by atoms with van der Waals surface area (Å²) in [5.41, 5.74) is 1.07. The maximum absolute atomic E-state index is 12.7. The summed E-state index contributed by atoms with van der Waals surface area (Å²) in [5, 5.41) is 0. The van der Waals surface area contributed by atoms with E-state index in [1.54, 1.807) is 29.0 Å². The first-order valence-electron chi connectivity index (χ1n) is 7.80. The smallest absolute Gasteiger partial charge is 0.290 e. The summed E-state index contributed by atoms with van der Waals surface area (Å²) in [7, 11) is 1.78. The SMILES string of the molecule is CN(Cc1ccccc1)C(=O)C1CCCN1C(=O)c1ccco1. The van der Waals surface area contributed by atoms with Gasteiger partial charge in [0.05, 0.1) is 6.26 Å². The van der Waals surface area contributed by atoms with Crippen molar-refractivity contribution in [3.05, 3.63) is 60.1 Å². The predicted molar refractivity (Wildman–Crippen MR) is 85.7 cm³/mol. The van der Waals surface area contributed by atoms with E-state index in [-0.39, 0.29) is 17.6 Å². The zero-order chi connectivity index (χ0) is 16.2. The van der Waals surface area contributed by atoms with Crippen LogP contribution in [-0.4, -0.2) is 41.2 Å². The Balaban J connectivity index is 1.69. The molecule has 5 nitrogen and oxygen atoms in total. The zero-order valence-corrected chi connectivity index (χ0v) is 13.1. The molecule has 1 saturated heterocycles. The van der Waals surface area contributed by atoms with Crippen LogP contribution in [0.1, 0.15) is 29.0 Å². The minimum Gasteiger partial charge on any atom is -0.459 e. The summed E-state index contributed by atoms with van der Waals surface area (Å²) in [6.45, 7) is 1.13. The third-order valence-electron chi connectivity index (χ3n) is 4.17. The van der Waals surface area contributed by atoms with Crippen LogP contribution in [0.3, 0.4) is 0 Å². The van der Waals surface area contributed by atoms with Gasteiger partial charge in [0.2, 0.25) is 5.91 Å². The summed E-state index contributed by atoms with van der Waals surface area (Å²) in [6.07, 6.45) is 3.01. The molecule has 120 valence electrons. The molecule has 23 heavy (non-hydrogen) atoms. The van der Waals surface area contributed by atoms with Gasteiger partial charge in [0, 0.05) is 20.1 Å². The lowest BCUT2D eigenvalue weighted by molar-refractivity contribution is -0.134. The Bertz CT molecular complexity index is 667. The Morgan fingerprint density at radius 2 is 2.00 bits per heavy atom. The van der Waals surface area contributed by atoms with Crippen LogP contribution in [0.2, 0.25) is 0 Å². The number of hydrogen-bond donors (Lipinski definition) is 0. The molecular formula is C18H20N2O3. The third-order valence-corrected chi connectivity index (χ3v) is 4.17. The number of furan rings is 1. The van der Waals surface area contributed by atoms with Crippen LogP contribution < -0.4 is 0 Å². The highest BCUT2D eigenvalue weighted by atomic mass is 16.3. The maximum Gasteiger partial charge on any atom is 0.290 e. The monoisotopic (exact) mass is 312 g/mol. The molecule has 0 N–H and O–H groups in total. The van der Waals surface area contributed by atoms with Gasteiger partial charge in [-0.3, -0.25) is 9.59 Å². The molecule has 0 bridgehead atoms. The van der Waals surface area contributed by atoms with E-state index < -0.39 is 6.04 Å². The fraction of sp³-hybridized carbons (Fsp3) is 0.333. The summed E-state index contributed by atoms with van der Waals surface area (Å²) in [4.78, 5) is 28.5. The molecule has 1 aliphatic heterocycles. The van der Waals surface area contributed by atoms with Crippen LogP contribution in [0.4, 0.5) is 0 Å². The van der Waals surface area contributed by atoms with Gasteiger partial charge < -0.3 is 14.2 Å². The van der Waals surface area contributed by atoms with Gasteiger partial charge in [-0.05, 0) is 30.5 Å². The first-order valence-corrected chi connectivity index (χ1v) is 7.80. The Kier molecular flexibility index (Phi) is 4.46. The van der Waals surface area contributed by atoms with Gasteiger partial charge in [-0.25, -0.2) is 0 Å². The average Bonchev–Trinajstić information content (AvgIpc) is 3.26. The molecule has 5 heteroatoms. The highest BCUT2D eigenvalue weighted by Gasteiger charge is 2.36. The van der Waals surface area contributed by atoms with Crippen LogP contribution >= 0.6 is 0 Å². The van der Waals surface area contributed by atoms with E-state index in [1.807, 2.05) is 30.3 Å². The van der Waals surface area contributed by atoms with E-state index in [1.165, 1.54) is 6.26 Å². The van der Waals surface area contributed by atoms with E-state index in [2.05, 4.69) is 0 Å². The number of likely N-dealkylation sites (tertiary alicyclic amines) is 1. The van der Waals surface area contributed by atoms with Gasteiger partial charge in [0.1, 0.15) is 6.04 Å². The molecule has 1 atom stereocenters. The fourth-order valence-electron chi connectivity index (χ4n) is 3.00. The lowest BCUT2D eigenvalue weighted by Crippen LogP contribution is -2.46. The van der Waals surface area contributed by atoms with Crippen LogP contribution in [0.25, 0.3) is 0 Å². The quantitative estimate of drug-likeness (QED) is 0.872. The molecular weight excluding hydrogens is 292 g/mol. The number of rotatable bonds is 4. The third kappa shape index (κ3) is 3.28. The van der Waals surface area contributed by atoms with E-state index in [0.29, 0.717) is 19.5 Å². The molecule has 0 aliphatic carbocycles. The van der Waals surface area contributed by atoms with Gasteiger partial charge in [0.25, 0.3) is 5.91 Å². The molecule has 1 aromatic carbocycles.